The first-order valence-electron chi connectivity index (χ1n) is 4.60. The van der Waals surface area contributed by atoms with E-state index in [0.29, 0.717) is 18.4 Å². The van der Waals surface area contributed by atoms with Crippen molar-refractivity contribution in [2.75, 3.05) is 13.2 Å². The topological polar surface area (TPSA) is 48.1 Å². The number of nitrogens with two attached hydrogens (primary N) is 1. The van der Waals surface area contributed by atoms with E-state index in [1.54, 1.807) is 6.20 Å². The summed E-state index contributed by atoms with van der Waals surface area (Å²) >= 11 is 0. The van der Waals surface area contributed by atoms with Crippen LogP contribution in [0.25, 0.3) is 0 Å². The predicted octanol–water partition coefficient (Wildman–Crippen LogP) is 1.15. The van der Waals surface area contributed by atoms with Gasteiger partial charge in [-0.1, -0.05) is 6.92 Å². The average Bonchev–Trinajstić information content (AvgIpc) is 2.18. The molecule has 3 heteroatoms. The third kappa shape index (κ3) is 1.40. The van der Waals surface area contributed by atoms with E-state index in [0.717, 1.165) is 18.1 Å². The molecule has 2 N–H and O–H groups in total. The van der Waals surface area contributed by atoms with Gasteiger partial charge in [-0.15, -0.1) is 0 Å². The molecule has 0 radical (unpaired) electrons. The van der Waals surface area contributed by atoms with Crippen molar-refractivity contribution in [3.8, 4) is 5.75 Å². The Hall–Kier alpha value is -1.09. The first-order chi connectivity index (χ1) is 6.33. The monoisotopic (exact) mass is 178 g/mol. The van der Waals surface area contributed by atoms with Gasteiger partial charge in [-0.05, 0) is 18.1 Å². The van der Waals surface area contributed by atoms with Crippen LogP contribution in [-0.4, -0.2) is 18.1 Å². The summed E-state index contributed by atoms with van der Waals surface area (Å²) in [5, 5.41) is 0. The molecule has 0 saturated heterocycles. The van der Waals surface area contributed by atoms with E-state index in [1.165, 1.54) is 0 Å². The Kier molecular flexibility index (Phi) is 2.19. The molecule has 0 amide bonds. The maximum Gasteiger partial charge on any atom is 0.141 e. The number of fused-ring (bicyclic) bond motifs is 1. The summed E-state index contributed by atoms with van der Waals surface area (Å²) < 4.78 is 5.55. The quantitative estimate of drug-likeness (QED) is 0.701. The lowest BCUT2D eigenvalue weighted by Crippen LogP contribution is -2.29. The van der Waals surface area contributed by atoms with E-state index in [1.807, 2.05) is 12.1 Å². The van der Waals surface area contributed by atoms with Crippen LogP contribution in [0.3, 0.4) is 0 Å². The molecule has 0 aromatic carbocycles. The normalized spacial score (nSPS) is 26.3. The second-order valence-electron chi connectivity index (χ2n) is 3.52. The van der Waals surface area contributed by atoms with Crippen LogP contribution < -0.4 is 10.5 Å². The number of hydrogen-bond donors (Lipinski definition) is 1. The Labute approximate surface area is 77.9 Å². The molecule has 70 valence electrons. The fourth-order valence-electron chi connectivity index (χ4n) is 1.75. The summed E-state index contributed by atoms with van der Waals surface area (Å²) in [5.74, 6) is 1.72. The summed E-state index contributed by atoms with van der Waals surface area (Å²) in [5.41, 5.74) is 6.73. The van der Waals surface area contributed by atoms with Crippen LogP contribution in [0.4, 0.5) is 0 Å². The second-order valence-corrected chi connectivity index (χ2v) is 3.52. The molecule has 0 bridgehead atoms. The highest BCUT2D eigenvalue weighted by Crippen LogP contribution is 2.33. The molecule has 2 rings (SSSR count). The molecule has 0 aliphatic carbocycles. The van der Waals surface area contributed by atoms with Gasteiger partial charge in [0, 0.05) is 18.7 Å². The predicted molar refractivity (Wildman–Crippen MR) is 50.7 cm³/mol. The highest BCUT2D eigenvalue weighted by Gasteiger charge is 2.27. The van der Waals surface area contributed by atoms with Gasteiger partial charge < -0.3 is 10.5 Å². The SMILES string of the molecule is C[C@@H]1COc2cccnc2[C@@H]1CN. The van der Waals surface area contributed by atoms with Crippen molar-refractivity contribution in [1.82, 2.24) is 4.98 Å². The number of rotatable bonds is 1. The standard InChI is InChI=1S/C10H14N2O/c1-7-6-13-9-3-2-4-12-10(9)8(7)5-11/h2-4,7-8H,5-6,11H2,1H3/t7-,8-/m1/s1. The number of hydrogen-bond acceptors (Lipinski definition) is 3. The van der Waals surface area contributed by atoms with E-state index in [-0.39, 0.29) is 0 Å². The Morgan fingerprint density at radius 1 is 1.69 bits per heavy atom. The van der Waals surface area contributed by atoms with Crippen LogP contribution in [0.2, 0.25) is 0 Å². The minimum atomic E-state index is 0.352. The smallest absolute Gasteiger partial charge is 0.141 e. The lowest BCUT2D eigenvalue weighted by molar-refractivity contribution is 0.203. The first-order valence-corrected chi connectivity index (χ1v) is 4.60. The summed E-state index contributed by atoms with van der Waals surface area (Å²) in [6.07, 6.45) is 1.79. The summed E-state index contributed by atoms with van der Waals surface area (Å²) in [4.78, 5) is 4.32. The van der Waals surface area contributed by atoms with E-state index < -0.39 is 0 Å². The Balaban J connectivity index is 2.39. The van der Waals surface area contributed by atoms with E-state index in [2.05, 4.69) is 11.9 Å². The molecule has 1 aromatic rings. The minimum Gasteiger partial charge on any atom is -0.491 e. The van der Waals surface area contributed by atoms with Gasteiger partial charge in [0.1, 0.15) is 5.75 Å². The molecular weight excluding hydrogens is 164 g/mol. The first kappa shape index (κ1) is 8.51. The molecule has 3 nitrogen and oxygen atoms in total. The lowest BCUT2D eigenvalue weighted by atomic mass is 9.89. The molecule has 0 fully saturated rings. The summed E-state index contributed by atoms with van der Waals surface area (Å²) in [6, 6.07) is 3.85. The number of nitrogens with zero attached hydrogens (tertiary/aromatic N) is 1. The van der Waals surface area contributed by atoms with Crippen molar-refractivity contribution in [3.05, 3.63) is 24.0 Å². The number of aromatic nitrogens is 1. The van der Waals surface area contributed by atoms with Crippen LogP contribution in [0, 0.1) is 5.92 Å². The van der Waals surface area contributed by atoms with Crippen molar-refractivity contribution in [3.63, 3.8) is 0 Å². The Bertz CT molecular complexity index is 301. The van der Waals surface area contributed by atoms with Gasteiger partial charge in [0.15, 0.2) is 0 Å². The number of ether oxygens (including phenoxy) is 1. The van der Waals surface area contributed by atoms with Crippen molar-refractivity contribution in [2.24, 2.45) is 11.7 Å². The van der Waals surface area contributed by atoms with Gasteiger partial charge in [0.05, 0.1) is 12.3 Å². The number of pyridine rings is 1. The average molecular weight is 178 g/mol. The molecule has 1 aromatic heterocycles. The van der Waals surface area contributed by atoms with Crippen molar-refractivity contribution in [1.29, 1.82) is 0 Å². The van der Waals surface area contributed by atoms with Crippen molar-refractivity contribution >= 4 is 0 Å². The molecular formula is C10H14N2O. The van der Waals surface area contributed by atoms with Crippen LogP contribution in [0.1, 0.15) is 18.5 Å². The molecule has 1 aliphatic heterocycles. The lowest BCUT2D eigenvalue weighted by Gasteiger charge is -2.29. The highest BCUT2D eigenvalue weighted by atomic mass is 16.5. The van der Waals surface area contributed by atoms with Crippen molar-refractivity contribution < 1.29 is 4.74 Å². The molecule has 13 heavy (non-hydrogen) atoms. The van der Waals surface area contributed by atoms with Gasteiger partial charge in [-0.3, -0.25) is 4.98 Å². The highest BCUT2D eigenvalue weighted by molar-refractivity contribution is 5.32. The van der Waals surface area contributed by atoms with Gasteiger partial charge in [-0.2, -0.15) is 0 Å². The van der Waals surface area contributed by atoms with Gasteiger partial charge in [-0.25, -0.2) is 0 Å². The zero-order valence-electron chi connectivity index (χ0n) is 7.73. The molecule has 2 atom stereocenters. The largest absolute Gasteiger partial charge is 0.491 e. The molecule has 1 aliphatic rings. The van der Waals surface area contributed by atoms with E-state index in [9.17, 15) is 0 Å². The molecule has 0 saturated carbocycles. The third-order valence-corrected chi connectivity index (χ3v) is 2.59. The molecule has 0 unspecified atom stereocenters. The van der Waals surface area contributed by atoms with Crippen LogP contribution in [-0.2, 0) is 0 Å². The zero-order valence-corrected chi connectivity index (χ0v) is 7.73. The van der Waals surface area contributed by atoms with Crippen molar-refractivity contribution in [2.45, 2.75) is 12.8 Å². The van der Waals surface area contributed by atoms with Gasteiger partial charge in [0.25, 0.3) is 0 Å². The third-order valence-electron chi connectivity index (χ3n) is 2.59. The fraction of sp³-hybridized carbons (Fsp3) is 0.500. The maximum atomic E-state index is 5.71. The summed E-state index contributed by atoms with van der Waals surface area (Å²) in [7, 11) is 0. The Morgan fingerprint density at radius 2 is 2.54 bits per heavy atom. The second kappa shape index (κ2) is 3.34. The van der Waals surface area contributed by atoms with Gasteiger partial charge in [0.2, 0.25) is 0 Å². The van der Waals surface area contributed by atoms with Crippen LogP contribution in [0.5, 0.6) is 5.75 Å². The molecule has 0 spiro atoms. The van der Waals surface area contributed by atoms with Crippen LogP contribution in [0.15, 0.2) is 18.3 Å². The maximum absolute atomic E-state index is 5.71. The summed E-state index contributed by atoms with van der Waals surface area (Å²) in [6.45, 7) is 3.55. The Morgan fingerprint density at radius 3 is 3.31 bits per heavy atom. The van der Waals surface area contributed by atoms with E-state index in [4.69, 9.17) is 10.5 Å². The fourth-order valence-corrected chi connectivity index (χ4v) is 1.75. The minimum absolute atomic E-state index is 0.352. The van der Waals surface area contributed by atoms with Gasteiger partial charge >= 0.3 is 0 Å². The van der Waals surface area contributed by atoms with Crippen LogP contribution >= 0.6 is 0 Å². The zero-order chi connectivity index (χ0) is 9.26. The van der Waals surface area contributed by atoms with E-state index >= 15 is 0 Å². The molecule has 2 heterocycles.